The maximum atomic E-state index is 10.3. The zero-order valence-corrected chi connectivity index (χ0v) is 12.7. The number of rotatable bonds is 8. The van der Waals surface area contributed by atoms with E-state index in [2.05, 4.69) is 21.2 Å². The monoisotopic (exact) mass is 321 g/mol. The first kappa shape index (κ1) is 15.1. The largest absolute Gasteiger partial charge is 0.390 e. The molecule has 98 valence electrons. The maximum absolute atomic E-state index is 10.3. The third-order valence-electron chi connectivity index (χ3n) is 2.56. The van der Waals surface area contributed by atoms with Crippen molar-refractivity contribution in [3.05, 3.63) is 20.8 Å². The molecule has 0 radical (unpaired) electrons. The van der Waals surface area contributed by atoms with E-state index in [-0.39, 0.29) is 0 Å². The number of nitrogens with one attached hydrogen (secondary N) is 1. The van der Waals surface area contributed by atoms with Crippen molar-refractivity contribution in [2.45, 2.75) is 25.4 Å². The first-order valence-corrected chi connectivity index (χ1v) is 7.36. The molecule has 0 aliphatic rings. The average molecular weight is 322 g/mol. The average Bonchev–Trinajstić information content (AvgIpc) is 2.63. The van der Waals surface area contributed by atoms with Crippen LogP contribution in [-0.2, 0) is 11.2 Å². The van der Waals surface area contributed by atoms with Crippen LogP contribution in [0.3, 0.4) is 0 Å². The second-order valence-electron chi connectivity index (χ2n) is 4.36. The fourth-order valence-electron chi connectivity index (χ4n) is 1.54. The predicted octanol–water partition coefficient (Wildman–Crippen LogP) is 2.43. The third-order valence-corrected chi connectivity index (χ3v) is 4.48. The van der Waals surface area contributed by atoms with Gasteiger partial charge in [-0.15, -0.1) is 11.3 Å². The van der Waals surface area contributed by atoms with Gasteiger partial charge in [0.25, 0.3) is 0 Å². The van der Waals surface area contributed by atoms with Crippen LogP contribution in [0.1, 0.15) is 18.2 Å². The summed E-state index contributed by atoms with van der Waals surface area (Å²) in [5, 5.41) is 15.6. The van der Waals surface area contributed by atoms with Gasteiger partial charge in [-0.05, 0) is 47.3 Å². The summed E-state index contributed by atoms with van der Waals surface area (Å²) in [5.41, 5.74) is -0.659. The van der Waals surface area contributed by atoms with Gasteiger partial charge in [-0.1, -0.05) is 0 Å². The number of aliphatic hydroxyl groups is 1. The van der Waals surface area contributed by atoms with Crippen LogP contribution in [0, 0.1) is 0 Å². The van der Waals surface area contributed by atoms with Crippen LogP contribution < -0.4 is 5.32 Å². The van der Waals surface area contributed by atoms with Crippen molar-refractivity contribution in [1.29, 1.82) is 0 Å². The normalized spacial score (nSPS) is 14.8. The molecule has 0 bridgehead atoms. The predicted molar refractivity (Wildman–Crippen MR) is 75.7 cm³/mol. The zero-order valence-electron chi connectivity index (χ0n) is 10.3. The van der Waals surface area contributed by atoms with Crippen molar-refractivity contribution in [3.8, 4) is 0 Å². The Morgan fingerprint density at radius 1 is 1.53 bits per heavy atom. The zero-order chi connectivity index (χ0) is 12.7. The van der Waals surface area contributed by atoms with Gasteiger partial charge in [-0.3, -0.25) is 0 Å². The lowest BCUT2D eigenvalue weighted by Gasteiger charge is -2.23. The van der Waals surface area contributed by atoms with E-state index in [4.69, 9.17) is 4.74 Å². The molecule has 0 amide bonds. The molecule has 1 rings (SSSR count). The van der Waals surface area contributed by atoms with Gasteiger partial charge in [-0.2, -0.15) is 0 Å². The number of thiophene rings is 1. The van der Waals surface area contributed by atoms with Crippen LogP contribution in [0.15, 0.2) is 15.9 Å². The van der Waals surface area contributed by atoms with E-state index < -0.39 is 5.60 Å². The minimum absolute atomic E-state index is 0.659. The summed E-state index contributed by atoms with van der Waals surface area (Å²) in [7, 11) is 1.69. The summed E-state index contributed by atoms with van der Waals surface area (Å²) in [6, 6.07) is 2.02. The molecule has 0 saturated heterocycles. The van der Waals surface area contributed by atoms with Crippen molar-refractivity contribution < 1.29 is 9.84 Å². The Kier molecular flexibility index (Phi) is 6.66. The summed E-state index contributed by atoms with van der Waals surface area (Å²) >= 11 is 5.16. The topological polar surface area (TPSA) is 41.5 Å². The lowest BCUT2D eigenvalue weighted by Crippen LogP contribution is -2.33. The van der Waals surface area contributed by atoms with Gasteiger partial charge in [0.15, 0.2) is 0 Å². The summed E-state index contributed by atoms with van der Waals surface area (Å²) < 4.78 is 6.04. The Balaban J connectivity index is 2.28. The molecular weight excluding hydrogens is 302 g/mol. The molecule has 1 atom stereocenters. The summed E-state index contributed by atoms with van der Waals surface area (Å²) in [6.45, 7) is 4.23. The molecule has 0 saturated carbocycles. The van der Waals surface area contributed by atoms with Gasteiger partial charge in [0.1, 0.15) is 0 Å². The molecule has 1 heterocycles. The Morgan fingerprint density at radius 3 is 2.88 bits per heavy atom. The molecule has 0 aromatic carbocycles. The second-order valence-corrected chi connectivity index (χ2v) is 6.21. The quantitative estimate of drug-likeness (QED) is 0.722. The third kappa shape index (κ3) is 5.97. The van der Waals surface area contributed by atoms with E-state index in [0.717, 1.165) is 24.0 Å². The van der Waals surface area contributed by atoms with Crippen LogP contribution >= 0.6 is 27.3 Å². The Hall–Kier alpha value is 0.0600. The van der Waals surface area contributed by atoms with Crippen molar-refractivity contribution in [3.63, 3.8) is 0 Å². The van der Waals surface area contributed by atoms with Crippen molar-refractivity contribution >= 4 is 27.3 Å². The van der Waals surface area contributed by atoms with Crippen LogP contribution in [0.2, 0.25) is 0 Å². The van der Waals surface area contributed by atoms with Crippen molar-refractivity contribution in [1.82, 2.24) is 5.32 Å². The standard InChI is InChI=1S/C12H20BrNO2S/c1-12(15,4-5-14-6-7-16-2)9-11-10(13)3-8-17-11/h3,8,14-15H,4-7,9H2,1-2H3. The molecule has 17 heavy (non-hydrogen) atoms. The Bertz CT molecular complexity index is 328. The fraction of sp³-hybridized carbons (Fsp3) is 0.667. The molecule has 0 aliphatic heterocycles. The van der Waals surface area contributed by atoms with Crippen LogP contribution in [0.4, 0.5) is 0 Å². The maximum Gasteiger partial charge on any atom is 0.0680 e. The van der Waals surface area contributed by atoms with Gasteiger partial charge < -0.3 is 15.2 Å². The smallest absolute Gasteiger partial charge is 0.0680 e. The van der Waals surface area contributed by atoms with Gasteiger partial charge in [0, 0.05) is 29.4 Å². The SMILES string of the molecule is COCCNCCC(C)(O)Cc1sccc1Br. The fourth-order valence-corrected chi connectivity index (χ4v) is 3.21. The molecule has 0 spiro atoms. The number of hydrogen-bond donors (Lipinski definition) is 2. The van der Waals surface area contributed by atoms with E-state index in [1.165, 1.54) is 4.88 Å². The minimum atomic E-state index is -0.659. The van der Waals surface area contributed by atoms with Gasteiger partial charge in [0.2, 0.25) is 0 Å². The van der Waals surface area contributed by atoms with Gasteiger partial charge in [0.05, 0.1) is 12.2 Å². The molecule has 5 heteroatoms. The molecular formula is C12H20BrNO2S. The highest BCUT2D eigenvalue weighted by Gasteiger charge is 2.22. The van der Waals surface area contributed by atoms with E-state index in [9.17, 15) is 5.11 Å². The van der Waals surface area contributed by atoms with Crippen LogP contribution in [-0.4, -0.2) is 37.5 Å². The van der Waals surface area contributed by atoms with Crippen LogP contribution in [0.5, 0.6) is 0 Å². The first-order chi connectivity index (χ1) is 8.05. The molecule has 3 nitrogen and oxygen atoms in total. The molecule has 0 aliphatic carbocycles. The lowest BCUT2D eigenvalue weighted by atomic mass is 9.97. The molecule has 1 aromatic heterocycles. The molecule has 2 N–H and O–H groups in total. The summed E-state index contributed by atoms with van der Waals surface area (Å²) in [4.78, 5) is 1.20. The van der Waals surface area contributed by atoms with Crippen molar-refractivity contribution in [2.75, 3.05) is 26.8 Å². The highest BCUT2D eigenvalue weighted by Crippen LogP contribution is 2.27. The summed E-state index contributed by atoms with van der Waals surface area (Å²) in [6.07, 6.45) is 1.43. The minimum Gasteiger partial charge on any atom is -0.390 e. The number of halogens is 1. The molecule has 0 fully saturated rings. The van der Waals surface area contributed by atoms with Crippen molar-refractivity contribution in [2.24, 2.45) is 0 Å². The second kappa shape index (κ2) is 7.48. The van der Waals surface area contributed by atoms with Gasteiger partial charge >= 0.3 is 0 Å². The molecule has 1 aromatic rings. The number of hydrogen-bond acceptors (Lipinski definition) is 4. The highest BCUT2D eigenvalue weighted by atomic mass is 79.9. The van der Waals surface area contributed by atoms with E-state index in [0.29, 0.717) is 13.0 Å². The van der Waals surface area contributed by atoms with E-state index >= 15 is 0 Å². The lowest BCUT2D eigenvalue weighted by molar-refractivity contribution is 0.0517. The molecule has 1 unspecified atom stereocenters. The number of ether oxygens (including phenoxy) is 1. The Morgan fingerprint density at radius 2 is 2.29 bits per heavy atom. The Labute approximate surface area is 115 Å². The van der Waals surface area contributed by atoms with Gasteiger partial charge in [-0.25, -0.2) is 0 Å². The summed E-state index contributed by atoms with van der Waals surface area (Å²) in [5.74, 6) is 0. The van der Waals surface area contributed by atoms with Crippen LogP contribution in [0.25, 0.3) is 0 Å². The van der Waals surface area contributed by atoms with E-state index in [1.54, 1.807) is 18.4 Å². The highest BCUT2D eigenvalue weighted by molar-refractivity contribution is 9.10. The van der Waals surface area contributed by atoms with E-state index in [1.807, 2.05) is 18.4 Å². The number of methoxy groups -OCH3 is 1. The first-order valence-electron chi connectivity index (χ1n) is 5.69.